The Morgan fingerprint density at radius 2 is 1.71 bits per heavy atom. The van der Waals surface area contributed by atoms with Gasteiger partial charge in [0.2, 0.25) is 0 Å². The minimum absolute atomic E-state index is 0.0574. The molecule has 0 amide bonds. The molecule has 0 saturated carbocycles. The summed E-state index contributed by atoms with van der Waals surface area (Å²) in [5, 5.41) is 17.7. The second-order valence-corrected chi connectivity index (χ2v) is 4.53. The molecule has 3 nitrogen and oxygen atoms in total. The lowest BCUT2D eigenvalue weighted by atomic mass is 10.1. The minimum Gasteiger partial charge on any atom is -0.488 e. The first kappa shape index (κ1) is 14.4. The van der Waals surface area contributed by atoms with E-state index in [0.29, 0.717) is 12.4 Å². The van der Waals surface area contributed by atoms with Crippen molar-refractivity contribution in [3.05, 3.63) is 70.8 Å². The molecule has 0 atom stereocenters. The fourth-order valence-electron chi connectivity index (χ4n) is 1.90. The third-order valence-electron chi connectivity index (χ3n) is 3.10. The third kappa shape index (κ3) is 3.72. The molecule has 3 heteroatoms. The zero-order valence-corrected chi connectivity index (χ0v) is 11.7. The number of hydrogen-bond acceptors (Lipinski definition) is 3. The predicted molar refractivity (Wildman–Crippen MR) is 81.2 cm³/mol. The Morgan fingerprint density at radius 3 is 2.43 bits per heavy atom. The highest BCUT2D eigenvalue weighted by Crippen LogP contribution is 2.22. The van der Waals surface area contributed by atoms with E-state index in [2.05, 4.69) is 0 Å². The maximum atomic E-state index is 8.84. The molecule has 0 unspecified atom stereocenters. The quantitative estimate of drug-likeness (QED) is 0.792. The summed E-state index contributed by atoms with van der Waals surface area (Å²) in [5.41, 5.74) is 3.06. The van der Waals surface area contributed by atoms with Crippen LogP contribution in [0.3, 0.4) is 0 Å². The molecule has 102 valence electrons. The van der Waals surface area contributed by atoms with Gasteiger partial charge in [0.05, 0.1) is 0 Å². The van der Waals surface area contributed by atoms with Crippen molar-refractivity contribution < 1.29 is 4.74 Å². The summed E-state index contributed by atoms with van der Waals surface area (Å²) < 4.78 is 5.83. The summed E-state index contributed by atoms with van der Waals surface area (Å²) in [6.07, 6.45) is 1.53. The number of benzene rings is 2. The smallest absolute Gasteiger partial charge is 0.130 e. The Bertz CT molecular complexity index is 732. The largest absolute Gasteiger partial charge is 0.488 e. The molecule has 0 aromatic heterocycles. The van der Waals surface area contributed by atoms with E-state index in [-0.39, 0.29) is 5.57 Å². The number of hydrogen-bond donors (Lipinski definition) is 0. The van der Waals surface area contributed by atoms with Gasteiger partial charge in [0, 0.05) is 5.56 Å². The van der Waals surface area contributed by atoms with Gasteiger partial charge in [-0.05, 0) is 30.2 Å². The molecule has 0 fully saturated rings. The van der Waals surface area contributed by atoms with Crippen molar-refractivity contribution >= 4 is 6.08 Å². The molecule has 0 heterocycles. The van der Waals surface area contributed by atoms with Crippen molar-refractivity contribution in [2.24, 2.45) is 0 Å². The van der Waals surface area contributed by atoms with E-state index in [1.807, 2.05) is 67.6 Å². The molecule has 0 spiro atoms. The van der Waals surface area contributed by atoms with Crippen molar-refractivity contribution in [3.63, 3.8) is 0 Å². The van der Waals surface area contributed by atoms with Crippen LogP contribution in [0.5, 0.6) is 5.75 Å². The molecular formula is C18H14N2O. The predicted octanol–water partition coefficient (Wildman–Crippen LogP) is 4.00. The van der Waals surface area contributed by atoms with E-state index in [1.165, 1.54) is 11.6 Å². The maximum Gasteiger partial charge on any atom is 0.130 e. The summed E-state index contributed by atoms with van der Waals surface area (Å²) in [7, 11) is 0. The topological polar surface area (TPSA) is 56.8 Å². The van der Waals surface area contributed by atoms with Crippen molar-refractivity contribution in [2.75, 3.05) is 0 Å². The first-order valence-corrected chi connectivity index (χ1v) is 6.53. The van der Waals surface area contributed by atoms with Crippen LogP contribution >= 0.6 is 0 Å². The van der Waals surface area contributed by atoms with E-state index < -0.39 is 0 Å². The highest BCUT2D eigenvalue weighted by Gasteiger charge is 2.04. The van der Waals surface area contributed by atoms with Gasteiger partial charge in [-0.25, -0.2) is 0 Å². The van der Waals surface area contributed by atoms with Crippen LogP contribution in [0.4, 0.5) is 0 Å². The molecule has 0 N–H and O–H groups in total. The van der Waals surface area contributed by atoms with Crippen LogP contribution in [0.2, 0.25) is 0 Å². The number of para-hydroxylation sites is 1. The Morgan fingerprint density at radius 1 is 1.05 bits per heavy atom. The molecule has 0 bridgehead atoms. The average Bonchev–Trinajstić information content (AvgIpc) is 2.53. The number of rotatable bonds is 4. The van der Waals surface area contributed by atoms with Crippen molar-refractivity contribution in [3.8, 4) is 17.9 Å². The summed E-state index contributed by atoms with van der Waals surface area (Å²) in [4.78, 5) is 0. The van der Waals surface area contributed by atoms with Gasteiger partial charge in [0.1, 0.15) is 30.1 Å². The monoisotopic (exact) mass is 274 g/mol. The van der Waals surface area contributed by atoms with E-state index in [0.717, 1.165) is 11.1 Å². The summed E-state index contributed by atoms with van der Waals surface area (Å²) in [6, 6.07) is 19.1. The second kappa shape index (κ2) is 6.93. The highest BCUT2D eigenvalue weighted by atomic mass is 16.5. The van der Waals surface area contributed by atoms with Gasteiger partial charge in [-0.15, -0.1) is 0 Å². The van der Waals surface area contributed by atoms with Gasteiger partial charge in [-0.1, -0.05) is 42.5 Å². The van der Waals surface area contributed by atoms with Crippen LogP contribution in [-0.4, -0.2) is 0 Å². The van der Waals surface area contributed by atoms with E-state index in [4.69, 9.17) is 15.3 Å². The number of nitriles is 2. The van der Waals surface area contributed by atoms with Gasteiger partial charge >= 0.3 is 0 Å². The molecule has 2 rings (SSSR count). The average molecular weight is 274 g/mol. The SMILES string of the molecule is Cc1ccccc1COc1ccccc1C=C(C#N)C#N. The van der Waals surface area contributed by atoms with Gasteiger partial charge in [0.25, 0.3) is 0 Å². The molecular weight excluding hydrogens is 260 g/mol. The highest BCUT2D eigenvalue weighted by molar-refractivity contribution is 5.66. The van der Waals surface area contributed by atoms with E-state index in [9.17, 15) is 0 Å². The van der Waals surface area contributed by atoms with Crippen molar-refractivity contribution in [2.45, 2.75) is 13.5 Å². The maximum absolute atomic E-state index is 8.84. The Kier molecular flexibility index (Phi) is 4.75. The third-order valence-corrected chi connectivity index (χ3v) is 3.10. The number of aryl methyl sites for hydroxylation is 1. The standard InChI is InChI=1S/C18H14N2O/c1-14-6-2-3-8-17(14)13-21-18-9-5-4-7-16(18)10-15(11-19)12-20/h2-10H,13H2,1H3. The van der Waals surface area contributed by atoms with Crippen LogP contribution in [0.15, 0.2) is 54.1 Å². The summed E-state index contributed by atoms with van der Waals surface area (Å²) in [5.74, 6) is 0.656. The van der Waals surface area contributed by atoms with Crippen LogP contribution in [0.1, 0.15) is 16.7 Å². The molecule has 0 aliphatic rings. The van der Waals surface area contributed by atoms with Crippen LogP contribution in [0, 0.1) is 29.6 Å². The molecule has 0 aliphatic carbocycles. The lowest BCUT2D eigenvalue weighted by Gasteiger charge is -2.10. The fraction of sp³-hybridized carbons (Fsp3) is 0.111. The Labute approximate surface area is 124 Å². The lowest BCUT2D eigenvalue weighted by molar-refractivity contribution is 0.305. The van der Waals surface area contributed by atoms with Crippen molar-refractivity contribution in [1.82, 2.24) is 0 Å². The van der Waals surface area contributed by atoms with E-state index >= 15 is 0 Å². The molecule has 21 heavy (non-hydrogen) atoms. The zero-order valence-electron chi connectivity index (χ0n) is 11.7. The molecule has 2 aromatic carbocycles. The normalized spacial score (nSPS) is 9.29. The van der Waals surface area contributed by atoms with Gasteiger partial charge in [-0.2, -0.15) is 10.5 Å². The molecule has 0 aliphatic heterocycles. The molecule has 2 aromatic rings. The van der Waals surface area contributed by atoms with Crippen LogP contribution < -0.4 is 4.74 Å². The van der Waals surface area contributed by atoms with Crippen molar-refractivity contribution in [1.29, 1.82) is 10.5 Å². The number of allylic oxidation sites excluding steroid dienone is 1. The van der Waals surface area contributed by atoms with Crippen LogP contribution in [0.25, 0.3) is 6.08 Å². The minimum atomic E-state index is 0.0574. The number of ether oxygens (including phenoxy) is 1. The molecule has 0 saturated heterocycles. The van der Waals surface area contributed by atoms with Crippen LogP contribution in [-0.2, 0) is 6.61 Å². The summed E-state index contributed by atoms with van der Waals surface area (Å²) >= 11 is 0. The van der Waals surface area contributed by atoms with Gasteiger partial charge in [0.15, 0.2) is 0 Å². The first-order chi connectivity index (χ1) is 10.2. The van der Waals surface area contributed by atoms with Gasteiger partial charge in [-0.3, -0.25) is 0 Å². The second-order valence-electron chi connectivity index (χ2n) is 4.53. The van der Waals surface area contributed by atoms with E-state index in [1.54, 1.807) is 0 Å². The summed E-state index contributed by atoms with van der Waals surface area (Å²) in [6.45, 7) is 2.49. The first-order valence-electron chi connectivity index (χ1n) is 6.53. The Balaban J connectivity index is 2.22. The lowest BCUT2D eigenvalue weighted by Crippen LogP contribution is -1.99. The number of nitrogens with zero attached hydrogens (tertiary/aromatic N) is 2. The Hall–Kier alpha value is -3.04. The molecule has 0 radical (unpaired) electrons. The van der Waals surface area contributed by atoms with Gasteiger partial charge < -0.3 is 4.74 Å². The fourth-order valence-corrected chi connectivity index (χ4v) is 1.90. The zero-order chi connectivity index (χ0) is 15.1.